The first kappa shape index (κ1) is 19.5. The number of carbonyl (C=O) groups excluding carboxylic acids is 1. The Morgan fingerprint density at radius 3 is 2.65 bits per heavy atom. The maximum absolute atomic E-state index is 11.8. The molecule has 0 aliphatic rings. The van der Waals surface area contributed by atoms with Gasteiger partial charge >= 0.3 is 5.97 Å². The van der Waals surface area contributed by atoms with E-state index in [2.05, 4.69) is 6.92 Å². The summed E-state index contributed by atoms with van der Waals surface area (Å²) in [5.41, 5.74) is 0.363. The number of hydrogen-bond acceptors (Lipinski definition) is 5. The molecule has 0 saturated carbocycles. The molecule has 0 spiro atoms. The van der Waals surface area contributed by atoms with E-state index in [1.165, 1.54) is 12.8 Å². The molecule has 0 bridgehead atoms. The summed E-state index contributed by atoms with van der Waals surface area (Å²) in [7, 11) is 0. The Bertz CT molecular complexity index is 447. The molecule has 0 aliphatic carbocycles. The first-order chi connectivity index (χ1) is 11.2. The average molecular weight is 324 g/mol. The highest BCUT2D eigenvalue weighted by Crippen LogP contribution is 2.19. The molecule has 0 radical (unpaired) electrons. The van der Waals surface area contributed by atoms with Crippen LogP contribution in [0.3, 0.4) is 0 Å². The van der Waals surface area contributed by atoms with Gasteiger partial charge in [-0.05, 0) is 25.5 Å². The number of hydrogen-bond donors (Lipinski definition) is 1. The van der Waals surface area contributed by atoms with Gasteiger partial charge < -0.3 is 19.3 Å². The van der Waals surface area contributed by atoms with E-state index in [0.29, 0.717) is 24.5 Å². The van der Waals surface area contributed by atoms with Crippen LogP contribution in [0.5, 0.6) is 5.75 Å². The number of aliphatic hydroxyl groups is 1. The van der Waals surface area contributed by atoms with E-state index < -0.39 is 12.1 Å². The third kappa shape index (κ3) is 8.00. The topological polar surface area (TPSA) is 65.0 Å². The third-order valence-electron chi connectivity index (χ3n) is 3.27. The van der Waals surface area contributed by atoms with E-state index in [-0.39, 0.29) is 13.2 Å². The number of rotatable bonds is 12. The highest BCUT2D eigenvalue weighted by molar-refractivity contribution is 5.92. The average Bonchev–Trinajstić information content (AvgIpc) is 2.56. The molecule has 0 fully saturated rings. The van der Waals surface area contributed by atoms with Crippen molar-refractivity contribution < 1.29 is 24.1 Å². The predicted molar refractivity (Wildman–Crippen MR) is 88.9 cm³/mol. The minimum atomic E-state index is -0.726. The maximum atomic E-state index is 11.8. The van der Waals surface area contributed by atoms with E-state index in [9.17, 15) is 9.90 Å². The molecule has 1 aromatic rings. The lowest BCUT2D eigenvalue weighted by molar-refractivity contribution is 0.0105. The summed E-state index contributed by atoms with van der Waals surface area (Å²) in [6.07, 6.45) is 3.83. The van der Waals surface area contributed by atoms with E-state index in [1.54, 1.807) is 31.2 Å². The van der Waals surface area contributed by atoms with Gasteiger partial charge in [0.15, 0.2) is 0 Å². The smallest absolute Gasteiger partial charge is 0.341 e. The molecular formula is C18H28O5. The number of aliphatic hydroxyl groups excluding tert-OH is 1. The van der Waals surface area contributed by atoms with Crippen LogP contribution in [0.4, 0.5) is 0 Å². The predicted octanol–water partition coefficient (Wildman–Crippen LogP) is 3.20. The van der Waals surface area contributed by atoms with Crippen molar-refractivity contribution in [3.63, 3.8) is 0 Å². The van der Waals surface area contributed by atoms with E-state index in [1.807, 2.05) is 0 Å². The van der Waals surface area contributed by atoms with Crippen LogP contribution < -0.4 is 4.74 Å². The van der Waals surface area contributed by atoms with Crippen molar-refractivity contribution in [1.82, 2.24) is 0 Å². The molecule has 5 heteroatoms. The van der Waals surface area contributed by atoms with Crippen LogP contribution in [-0.2, 0) is 9.47 Å². The summed E-state index contributed by atoms with van der Waals surface area (Å²) in [6.45, 7) is 5.18. The minimum absolute atomic E-state index is 0.0748. The van der Waals surface area contributed by atoms with Gasteiger partial charge in [-0.25, -0.2) is 4.79 Å². The number of benzene rings is 1. The van der Waals surface area contributed by atoms with Crippen molar-refractivity contribution in [2.24, 2.45) is 0 Å². The second-order valence-corrected chi connectivity index (χ2v) is 5.32. The normalized spacial score (nSPS) is 12.0. The summed E-state index contributed by atoms with van der Waals surface area (Å²) in [5.74, 6) is -0.0160. The molecule has 130 valence electrons. The zero-order valence-electron chi connectivity index (χ0n) is 14.1. The lowest BCUT2D eigenvalue weighted by Gasteiger charge is -2.14. The van der Waals surface area contributed by atoms with Gasteiger partial charge in [-0.1, -0.05) is 38.3 Å². The Morgan fingerprint density at radius 1 is 1.13 bits per heavy atom. The van der Waals surface area contributed by atoms with Crippen molar-refractivity contribution in [2.75, 3.05) is 26.4 Å². The summed E-state index contributed by atoms with van der Waals surface area (Å²) < 4.78 is 15.9. The molecule has 23 heavy (non-hydrogen) atoms. The number of para-hydroxylation sites is 1. The van der Waals surface area contributed by atoms with Gasteiger partial charge in [-0.15, -0.1) is 0 Å². The first-order valence-corrected chi connectivity index (χ1v) is 8.33. The van der Waals surface area contributed by atoms with Crippen LogP contribution in [0.25, 0.3) is 0 Å². The van der Waals surface area contributed by atoms with E-state index in [4.69, 9.17) is 14.2 Å². The molecule has 0 amide bonds. The Labute approximate surface area is 138 Å². The Kier molecular flexibility index (Phi) is 10.1. The van der Waals surface area contributed by atoms with Gasteiger partial charge in [0.05, 0.1) is 13.2 Å². The largest absolute Gasteiger partial charge is 0.490 e. The molecule has 1 aromatic carbocycles. The fourth-order valence-corrected chi connectivity index (χ4v) is 2.05. The molecule has 0 heterocycles. The zero-order valence-corrected chi connectivity index (χ0v) is 14.1. The molecule has 0 aromatic heterocycles. The van der Waals surface area contributed by atoms with Crippen LogP contribution in [0.15, 0.2) is 24.3 Å². The van der Waals surface area contributed by atoms with Crippen LogP contribution in [-0.4, -0.2) is 43.6 Å². The fraction of sp³-hybridized carbons (Fsp3) is 0.611. The molecule has 0 aliphatic heterocycles. The zero-order chi connectivity index (χ0) is 16.9. The molecule has 1 atom stereocenters. The Hall–Kier alpha value is -1.59. The van der Waals surface area contributed by atoms with E-state index in [0.717, 1.165) is 12.8 Å². The first-order valence-electron chi connectivity index (χ1n) is 8.33. The Balaban J connectivity index is 2.32. The van der Waals surface area contributed by atoms with Crippen LogP contribution in [0.2, 0.25) is 0 Å². The lowest BCUT2D eigenvalue weighted by Crippen LogP contribution is -2.24. The minimum Gasteiger partial charge on any atom is -0.490 e. The van der Waals surface area contributed by atoms with Crippen LogP contribution >= 0.6 is 0 Å². The number of unbranched alkanes of at least 4 members (excludes halogenated alkanes) is 3. The van der Waals surface area contributed by atoms with Gasteiger partial charge in [0, 0.05) is 6.61 Å². The van der Waals surface area contributed by atoms with Gasteiger partial charge in [0.25, 0.3) is 0 Å². The van der Waals surface area contributed by atoms with Crippen molar-refractivity contribution in [1.29, 1.82) is 0 Å². The summed E-state index contributed by atoms with van der Waals surface area (Å²) >= 11 is 0. The third-order valence-corrected chi connectivity index (χ3v) is 3.27. The monoisotopic (exact) mass is 324 g/mol. The van der Waals surface area contributed by atoms with Gasteiger partial charge in [-0.2, -0.15) is 0 Å². The fourth-order valence-electron chi connectivity index (χ4n) is 2.05. The second-order valence-electron chi connectivity index (χ2n) is 5.32. The highest BCUT2D eigenvalue weighted by atomic mass is 16.5. The van der Waals surface area contributed by atoms with Crippen molar-refractivity contribution in [3.8, 4) is 5.75 Å². The van der Waals surface area contributed by atoms with Crippen LogP contribution in [0, 0.1) is 0 Å². The second kappa shape index (κ2) is 11.9. The molecule has 5 nitrogen and oxygen atoms in total. The summed E-state index contributed by atoms with van der Waals surface area (Å²) in [4.78, 5) is 11.8. The molecule has 0 saturated heterocycles. The number of carbonyl (C=O) groups is 1. The summed E-state index contributed by atoms with van der Waals surface area (Å²) in [6, 6.07) is 6.85. The number of ether oxygens (including phenoxy) is 3. The van der Waals surface area contributed by atoms with Crippen molar-refractivity contribution in [2.45, 2.75) is 45.6 Å². The SMILES string of the molecule is CCCCCCOC[C@H](O)COc1ccccc1C(=O)OCC. The molecule has 1 N–H and O–H groups in total. The quantitative estimate of drug-likeness (QED) is 0.472. The van der Waals surface area contributed by atoms with Gasteiger partial charge in [0.2, 0.25) is 0 Å². The lowest BCUT2D eigenvalue weighted by atomic mass is 10.2. The van der Waals surface area contributed by atoms with E-state index >= 15 is 0 Å². The Morgan fingerprint density at radius 2 is 1.91 bits per heavy atom. The standard InChI is InChI=1S/C18H28O5/c1-3-5-6-9-12-21-13-15(19)14-23-17-11-8-7-10-16(17)18(20)22-4-2/h7-8,10-11,15,19H,3-6,9,12-14H2,1-2H3/t15-/m0/s1. The molecular weight excluding hydrogens is 296 g/mol. The van der Waals surface area contributed by atoms with Gasteiger partial charge in [-0.3, -0.25) is 0 Å². The van der Waals surface area contributed by atoms with Crippen molar-refractivity contribution in [3.05, 3.63) is 29.8 Å². The van der Waals surface area contributed by atoms with Crippen LogP contribution in [0.1, 0.15) is 49.9 Å². The maximum Gasteiger partial charge on any atom is 0.341 e. The molecule has 0 unspecified atom stereocenters. The highest BCUT2D eigenvalue weighted by Gasteiger charge is 2.14. The summed E-state index contributed by atoms with van der Waals surface area (Å²) in [5, 5.41) is 9.88. The van der Waals surface area contributed by atoms with Crippen molar-refractivity contribution >= 4 is 5.97 Å². The number of esters is 1. The molecule has 1 rings (SSSR count). The van der Waals surface area contributed by atoms with Gasteiger partial charge in [0.1, 0.15) is 24.0 Å².